The number of hydrogen-bond acceptors (Lipinski definition) is 0. The summed E-state index contributed by atoms with van der Waals surface area (Å²) in [7, 11) is 0. The third-order valence-corrected chi connectivity index (χ3v) is 11.7. The second kappa shape index (κ2) is 16.2. The average molecular weight is 775 g/mol. The summed E-state index contributed by atoms with van der Waals surface area (Å²) in [4.78, 5) is 0. The third kappa shape index (κ3) is 8.39. The van der Waals surface area contributed by atoms with Crippen LogP contribution in [0.2, 0.25) is 0 Å². The number of rotatable bonds is 2. The maximum atomic E-state index is 3.15. The maximum absolute atomic E-state index is 3.15. The van der Waals surface area contributed by atoms with E-state index in [4.69, 9.17) is 0 Å². The first-order valence-corrected chi connectivity index (χ1v) is 18.6. The molecular formula is C47H48Cl2Zr-2. The molecule has 0 nitrogen and oxygen atoms in total. The van der Waals surface area contributed by atoms with E-state index >= 15 is 0 Å². The summed E-state index contributed by atoms with van der Waals surface area (Å²) in [6.07, 6.45) is 16.7. The second-order valence-electron chi connectivity index (χ2n) is 15.1. The Morgan fingerprint density at radius 3 is 1.72 bits per heavy atom. The van der Waals surface area contributed by atoms with Gasteiger partial charge in [0.2, 0.25) is 0 Å². The molecule has 0 N–H and O–H groups in total. The van der Waals surface area contributed by atoms with Crippen LogP contribution in [0.1, 0.15) is 106 Å². The first-order chi connectivity index (χ1) is 22.8. The monoisotopic (exact) mass is 772 g/mol. The molecule has 4 aromatic rings. The molecule has 0 spiro atoms. The topological polar surface area (TPSA) is 0 Å². The second-order valence-corrected chi connectivity index (χ2v) is 16.3. The van der Waals surface area contributed by atoms with Gasteiger partial charge < -0.3 is 24.8 Å². The fraction of sp³-hybridized carbons (Fsp3) is 0.277. The number of fused-ring (bicyclic) bond motifs is 5. The Morgan fingerprint density at radius 1 is 0.720 bits per heavy atom. The van der Waals surface area contributed by atoms with Gasteiger partial charge in [-0.2, -0.15) is 11.6 Å². The molecule has 0 saturated heterocycles. The molecule has 1 unspecified atom stereocenters. The van der Waals surface area contributed by atoms with Crippen LogP contribution in [0.4, 0.5) is 0 Å². The van der Waals surface area contributed by atoms with Crippen molar-refractivity contribution in [2.75, 3.05) is 0 Å². The van der Waals surface area contributed by atoms with Crippen LogP contribution in [-0.4, -0.2) is 3.21 Å². The van der Waals surface area contributed by atoms with Gasteiger partial charge in [0.25, 0.3) is 0 Å². The van der Waals surface area contributed by atoms with E-state index in [1.165, 1.54) is 99.8 Å². The minimum atomic E-state index is 0. The van der Waals surface area contributed by atoms with Crippen molar-refractivity contribution in [3.8, 4) is 11.1 Å². The Hall–Kier alpha value is -2.96. The van der Waals surface area contributed by atoms with Crippen molar-refractivity contribution < 1.29 is 49.0 Å². The molecule has 4 aromatic carbocycles. The van der Waals surface area contributed by atoms with Crippen molar-refractivity contribution in [2.45, 2.75) is 79.1 Å². The van der Waals surface area contributed by atoms with Gasteiger partial charge in [-0.15, -0.1) is 19.4 Å². The van der Waals surface area contributed by atoms with Crippen molar-refractivity contribution in [2.24, 2.45) is 5.92 Å². The van der Waals surface area contributed by atoms with Crippen LogP contribution in [0, 0.1) is 18.4 Å². The van der Waals surface area contributed by atoms with Crippen LogP contribution in [0.5, 0.6) is 0 Å². The summed E-state index contributed by atoms with van der Waals surface area (Å²) in [6.45, 7) is 18.2. The molecule has 1 atom stereocenters. The summed E-state index contributed by atoms with van der Waals surface area (Å²) in [5.41, 5.74) is 19.0. The van der Waals surface area contributed by atoms with Gasteiger partial charge in [0.05, 0.1) is 0 Å². The number of halogens is 2. The predicted octanol–water partition coefficient (Wildman–Crippen LogP) is 5.99. The van der Waals surface area contributed by atoms with E-state index in [2.05, 4.69) is 171 Å². The summed E-state index contributed by atoms with van der Waals surface area (Å²) >= 11 is 1.46. The molecule has 8 rings (SSSR count). The fourth-order valence-electron chi connectivity index (χ4n) is 7.30. The van der Waals surface area contributed by atoms with Gasteiger partial charge in [-0.1, -0.05) is 75.8 Å². The summed E-state index contributed by atoms with van der Waals surface area (Å²) < 4.78 is 1.42. The first kappa shape index (κ1) is 39.8. The van der Waals surface area contributed by atoms with E-state index in [0.29, 0.717) is 5.92 Å². The zero-order valence-corrected chi connectivity index (χ0v) is 34.7. The van der Waals surface area contributed by atoms with Crippen LogP contribution in [-0.2, 0) is 41.5 Å². The van der Waals surface area contributed by atoms with Crippen molar-refractivity contribution >= 4 is 14.4 Å². The van der Waals surface area contributed by atoms with Crippen molar-refractivity contribution in [3.63, 3.8) is 0 Å². The van der Waals surface area contributed by atoms with E-state index in [9.17, 15) is 0 Å². The summed E-state index contributed by atoms with van der Waals surface area (Å²) in [5.74, 6) is 0.556. The van der Waals surface area contributed by atoms with Gasteiger partial charge in [-0.3, -0.25) is 6.08 Å². The van der Waals surface area contributed by atoms with Crippen molar-refractivity contribution in [1.82, 2.24) is 0 Å². The number of allylic oxidation sites excluding steroid dienone is 8. The molecule has 4 aliphatic rings. The predicted molar refractivity (Wildman–Crippen MR) is 204 cm³/mol. The van der Waals surface area contributed by atoms with Crippen molar-refractivity contribution in [3.05, 3.63) is 172 Å². The van der Waals surface area contributed by atoms with Gasteiger partial charge in [-0.05, 0) is 70.2 Å². The van der Waals surface area contributed by atoms with E-state index in [1.54, 1.807) is 0 Å². The zero-order chi connectivity index (χ0) is 34.2. The number of hydrogen-bond donors (Lipinski definition) is 0. The summed E-state index contributed by atoms with van der Waals surface area (Å²) in [6, 6.07) is 31.1. The molecule has 256 valence electrons. The Bertz CT molecular complexity index is 1860. The summed E-state index contributed by atoms with van der Waals surface area (Å²) in [5, 5.41) is 0. The zero-order valence-electron chi connectivity index (χ0n) is 30.7. The molecule has 0 fully saturated rings. The molecule has 0 amide bonds. The van der Waals surface area contributed by atoms with Crippen LogP contribution < -0.4 is 24.8 Å². The van der Waals surface area contributed by atoms with Crippen LogP contribution in [0.25, 0.3) is 22.3 Å². The molecular weight excluding hydrogens is 727 g/mol. The quantitative estimate of drug-likeness (QED) is 0.194. The first-order valence-electron chi connectivity index (χ1n) is 17.4. The SMILES string of the molecule is CC1=CC(C)[C-]=C1.CC1=C[CH-]C(C)(C)c2cc3c(cc21)-c1cc2c(cc1C3)C(C)(C)CC=C2C.[Cl-].[Cl-].[Zr+2]=[C](c1ccccc1)c1ccccc1. The van der Waals surface area contributed by atoms with Crippen LogP contribution in [0.3, 0.4) is 0 Å². The van der Waals surface area contributed by atoms with E-state index < -0.39 is 0 Å². The van der Waals surface area contributed by atoms with Gasteiger partial charge in [0.15, 0.2) is 0 Å². The Kier molecular flexibility index (Phi) is 12.9. The van der Waals surface area contributed by atoms with Gasteiger partial charge in [0.1, 0.15) is 0 Å². The Morgan fingerprint density at radius 2 is 1.24 bits per heavy atom. The van der Waals surface area contributed by atoms with Crippen molar-refractivity contribution in [1.29, 1.82) is 0 Å². The van der Waals surface area contributed by atoms with E-state index in [-0.39, 0.29) is 35.6 Å². The fourth-order valence-corrected chi connectivity index (χ4v) is 8.12. The normalized spacial score (nSPS) is 17.8. The Labute approximate surface area is 329 Å². The standard InChI is InChI=1S/C27H29.C13H10.C7H9.2ClH.Zr/c1-16-7-9-26(3,4)24-12-18-11-19-13-25-21(17(2)8-10-27(25,5)6)15-23(19)22(18)14-20(16)24;1-3-7-12(8-4-1)11-13-9-5-2-6-10-13;1-6-3-4-7(2)5-6;;;/h7-9,12-15H,10-11H2,1-6H3;1-10H;3,5,7H,1-2H3;2*1H;/q-1;;-1;;;+2/p-2. The Balaban J connectivity index is 0.000000204. The molecule has 50 heavy (non-hydrogen) atoms. The van der Waals surface area contributed by atoms with Crippen LogP contribution in [0.15, 0.2) is 115 Å². The molecule has 0 aliphatic heterocycles. The van der Waals surface area contributed by atoms with Crippen LogP contribution >= 0.6 is 0 Å². The molecule has 0 bridgehead atoms. The molecule has 0 heterocycles. The van der Waals surface area contributed by atoms with E-state index in [0.717, 1.165) is 12.8 Å². The van der Waals surface area contributed by atoms with Gasteiger partial charge >= 0.3 is 99.2 Å². The van der Waals surface area contributed by atoms with E-state index in [1.807, 2.05) is 6.08 Å². The van der Waals surface area contributed by atoms with Gasteiger partial charge in [-0.25, -0.2) is 24.1 Å². The minimum absolute atomic E-state index is 0. The average Bonchev–Trinajstić information content (AvgIpc) is 3.65. The molecule has 0 aromatic heterocycles. The molecule has 0 saturated carbocycles. The molecule has 0 radical (unpaired) electrons. The number of benzene rings is 4. The molecule has 3 heteroatoms. The third-order valence-electron chi connectivity index (χ3n) is 10.3. The molecule has 4 aliphatic carbocycles. The van der Waals surface area contributed by atoms with Gasteiger partial charge in [0, 0.05) is 0 Å².